The minimum atomic E-state index is -0.646. The van der Waals surface area contributed by atoms with E-state index in [9.17, 15) is 9.59 Å². The number of piperazine rings is 1. The van der Waals surface area contributed by atoms with Crippen molar-refractivity contribution in [3.8, 4) is 0 Å². The molecule has 8 heteroatoms. The minimum absolute atomic E-state index is 0.352. The first-order valence-electron chi connectivity index (χ1n) is 9.11. The van der Waals surface area contributed by atoms with Crippen molar-refractivity contribution < 1.29 is 14.3 Å². The predicted octanol–water partition coefficient (Wildman–Crippen LogP) is 1.76. The molecule has 2 amide bonds. The molecule has 0 saturated carbocycles. The third-order valence-corrected chi connectivity index (χ3v) is 5.41. The fraction of sp³-hybridized carbons (Fsp3) is 0.474. The second-order valence-corrected chi connectivity index (χ2v) is 7.05. The van der Waals surface area contributed by atoms with Crippen molar-refractivity contribution in [3.63, 3.8) is 0 Å². The van der Waals surface area contributed by atoms with Gasteiger partial charge in [-0.15, -0.1) is 0 Å². The average Bonchev–Trinajstić information content (AvgIpc) is 2.68. The summed E-state index contributed by atoms with van der Waals surface area (Å²) in [7, 11) is 1.34. The third-order valence-electron chi connectivity index (χ3n) is 5.07. The third kappa shape index (κ3) is 4.43. The summed E-state index contributed by atoms with van der Waals surface area (Å²) in [6.07, 6.45) is 0. The number of nitrogens with zero attached hydrogens (tertiary/aromatic N) is 2. The van der Waals surface area contributed by atoms with E-state index in [1.54, 1.807) is 12.1 Å². The lowest BCUT2D eigenvalue weighted by Crippen LogP contribution is -2.51. The van der Waals surface area contributed by atoms with E-state index in [4.69, 9.17) is 16.3 Å². The van der Waals surface area contributed by atoms with Crippen molar-refractivity contribution >= 4 is 23.6 Å². The zero-order valence-corrected chi connectivity index (χ0v) is 16.4. The zero-order valence-electron chi connectivity index (χ0n) is 15.6. The number of hydrogen-bond acceptors (Lipinski definition) is 5. The van der Waals surface area contributed by atoms with E-state index >= 15 is 0 Å². The van der Waals surface area contributed by atoms with Crippen LogP contribution in [0.4, 0.5) is 4.79 Å². The maximum Gasteiger partial charge on any atom is 0.338 e. The van der Waals surface area contributed by atoms with E-state index in [2.05, 4.69) is 27.4 Å². The lowest BCUT2D eigenvalue weighted by molar-refractivity contribution is -0.136. The molecular formula is C19H25ClN4O3. The molecule has 0 radical (unpaired) electrons. The number of methoxy groups -OCH3 is 1. The molecule has 0 spiro atoms. The molecule has 3 rings (SSSR count). The van der Waals surface area contributed by atoms with Crippen molar-refractivity contribution in [1.29, 1.82) is 0 Å². The molecule has 0 aliphatic carbocycles. The second-order valence-electron chi connectivity index (χ2n) is 6.65. The molecule has 0 bridgehead atoms. The zero-order chi connectivity index (χ0) is 19.4. The number of rotatable bonds is 5. The monoisotopic (exact) mass is 392 g/mol. The number of hydrogen-bond donors (Lipinski definition) is 2. The van der Waals surface area contributed by atoms with Gasteiger partial charge in [0.25, 0.3) is 0 Å². The van der Waals surface area contributed by atoms with E-state index in [0.717, 1.165) is 32.7 Å². The molecule has 1 atom stereocenters. The number of carbonyl (C=O) groups is 2. The van der Waals surface area contributed by atoms with Gasteiger partial charge in [-0.3, -0.25) is 4.90 Å². The van der Waals surface area contributed by atoms with Gasteiger partial charge >= 0.3 is 12.0 Å². The topological polar surface area (TPSA) is 73.9 Å². The normalized spacial score (nSPS) is 21.6. The summed E-state index contributed by atoms with van der Waals surface area (Å²) in [5.41, 5.74) is 1.63. The number of amides is 2. The summed E-state index contributed by atoms with van der Waals surface area (Å²) in [6, 6.07) is 6.18. The van der Waals surface area contributed by atoms with E-state index in [0.29, 0.717) is 28.4 Å². The number of benzene rings is 1. The van der Waals surface area contributed by atoms with Crippen LogP contribution in [0.15, 0.2) is 35.5 Å². The van der Waals surface area contributed by atoms with Crippen LogP contribution in [-0.4, -0.2) is 68.2 Å². The van der Waals surface area contributed by atoms with Gasteiger partial charge < -0.3 is 20.3 Å². The van der Waals surface area contributed by atoms with E-state index in [-0.39, 0.29) is 6.03 Å². The summed E-state index contributed by atoms with van der Waals surface area (Å²) in [6.45, 7) is 7.36. The average molecular weight is 393 g/mol. The molecule has 1 saturated heterocycles. The van der Waals surface area contributed by atoms with E-state index in [1.165, 1.54) is 7.11 Å². The van der Waals surface area contributed by atoms with Crippen molar-refractivity contribution in [2.24, 2.45) is 0 Å². The standard InChI is InChI=1S/C19H25ClN4O3/c1-3-23-8-10-24(11-9-23)12-15-16(18(25)27-2)17(22-19(26)21-15)13-6-4-5-7-14(13)20/h4-7,17H,3,8-12H2,1-2H3,(H2,21,22,26)/t17-/m0/s1. The van der Waals surface area contributed by atoms with Crippen molar-refractivity contribution in [1.82, 2.24) is 20.4 Å². The van der Waals surface area contributed by atoms with Gasteiger partial charge in [-0.2, -0.15) is 0 Å². The summed E-state index contributed by atoms with van der Waals surface area (Å²) in [4.78, 5) is 29.5. The molecule has 0 unspecified atom stereocenters. The number of esters is 1. The van der Waals surface area contributed by atoms with Crippen LogP contribution >= 0.6 is 11.6 Å². The Morgan fingerprint density at radius 1 is 1.22 bits per heavy atom. The summed E-state index contributed by atoms with van der Waals surface area (Å²) in [5, 5.41) is 6.09. The van der Waals surface area contributed by atoms with Gasteiger partial charge in [0.1, 0.15) is 0 Å². The fourth-order valence-corrected chi connectivity index (χ4v) is 3.77. The molecule has 2 heterocycles. The van der Waals surface area contributed by atoms with Crippen LogP contribution in [0.5, 0.6) is 0 Å². The highest BCUT2D eigenvalue weighted by Gasteiger charge is 2.35. The van der Waals surface area contributed by atoms with E-state index in [1.807, 2.05) is 12.1 Å². The smallest absolute Gasteiger partial charge is 0.338 e. The van der Waals surface area contributed by atoms with Crippen LogP contribution < -0.4 is 10.6 Å². The molecule has 1 aromatic carbocycles. The maximum absolute atomic E-state index is 12.6. The highest BCUT2D eigenvalue weighted by atomic mass is 35.5. The Kier molecular flexibility index (Phi) is 6.36. The molecular weight excluding hydrogens is 368 g/mol. The Hall–Kier alpha value is -2.09. The first-order chi connectivity index (χ1) is 13.0. The molecule has 2 aliphatic rings. The van der Waals surface area contributed by atoms with Gasteiger partial charge in [0.15, 0.2) is 0 Å². The van der Waals surface area contributed by atoms with Crippen molar-refractivity contribution in [2.45, 2.75) is 13.0 Å². The Balaban J connectivity index is 1.92. The van der Waals surface area contributed by atoms with Crippen LogP contribution in [0.25, 0.3) is 0 Å². The fourth-order valence-electron chi connectivity index (χ4n) is 3.52. The Morgan fingerprint density at radius 3 is 2.52 bits per heavy atom. The number of ether oxygens (including phenoxy) is 1. The van der Waals surface area contributed by atoms with Crippen LogP contribution in [0.2, 0.25) is 5.02 Å². The van der Waals surface area contributed by atoms with Gasteiger partial charge in [0.2, 0.25) is 0 Å². The van der Waals surface area contributed by atoms with Crippen molar-refractivity contribution in [2.75, 3.05) is 46.4 Å². The van der Waals surface area contributed by atoms with Gasteiger partial charge in [-0.05, 0) is 18.2 Å². The van der Waals surface area contributed by atoms with Crippen LogP contribution in [0, 0.1) is 0 Å². The molecule has 0 aromatic heterocycles. The lowest BCUT2D eigenvalue weighted by Gasteiger charge is -2.36. The summed E-state index contributed by atoms with van der Waals surface area (Å²) in [5.74, 6) is -0.477. The molecule has 2 N–H and O–H groups in total. The van der Waals surface area contributed by atoms with Crippen molar-refractivity contribution in [3.05, 3.63) is 46.1 Å². The van der Waals surface area contributed by atoms with Gasteiger partial charge in [0, 0.05) is 43.4 Å². The van der Waals surface area contributed by atoms with Gasteiger partial charge in [0.05, 0.1) is 18.7 Å². The predicted molar refractivity (Wildman–Crippen MR) is 103 cm³/mol. The highest BCUT2D eigenvalue weighted by Crippen LogP contribution is 2.32. The van der Waals surface area contributed by atoms with E-state index < -0.39 is 12.0 Å². The summed E-state index contributed by atoms with van der Waals surface area (Å²) < 4.78 is 5.01. The Morgan fingerprint density at radius 2 is 1.89 bits per heavy atom. The lowest BCUT2D eigenvalue weighted by atomic mass is 9.95. The molecule has 146 valence electrons. The van der Waals surface area contributed by atoms with Gasteiger partial charge in [-0.1, -0.05) is 36.7 Å². The Bertz CT molecular complexity index is 744. The number of likely N-dealkylation sites (N-methyl/N-ethyl adjacent to an activating group) is 1. The second kappa shape index (κ2) is 8.73. The SMILES string of the molecule is CCN1CCN(CC2=C(C(=O)OC)[C@H](c3ccccc3Cl)NC(=O)N2)CC1. The first-order valence-corrected chi connectivity index (χ1v) is 9.49. The minimum Gasteiger partial charge on any atom is -0.466 e. The highest BCUT2D eigenvalue weighted by molar-refractivity contribution is 6.31. The first kappa shape index (κ1) is 19.7. The van der Waals surface area contributed by atoms with Crippen LogP contribution in [0.3, 0.4) is 0 Å². The van der Waals surface area contributed by atoms with Crippen LogP contribution in [0.1, 0.15) is 18.5 Å². The molecule has 2 aliphatic heterocycles. The number of urea groups is 1. The quantitative estimate of drug-likeness (QED) is 0.747. The van der Waals surface area contributed by atoms with Gasteiger partial charge in [-0.25, -0.2) is 9.59 Å². The Labute approximate surface area is 164 Å². The number of halogens is 1. The molecule has 27 heavy (non-hydrogen) atoms. The molecule has 1 fully saturated rings. The summed E-state index contributed by atoms with van der Waals surface area (Å²) >= 11 is 6.33. The maximum atomic E-state index is 12.6. The molecule has 1 aromatic rings. The van der Waals surface area contributed by atoms with Crippen LogP contribution in [-0.2, 0) is 9.53 Å². The molecule has 7 nitrogen and oxygen atoms in total. The largest absolute Gasteiger partial charge is 0.466 e. The number of nitrogens with one attached hydrogen (secondary N) is 2. The number of carbonyl (C=O) groups excluding carboxylic acids is 2.